The van der Waals surface area contributed by atoms with Crippen molar-refractivity contribution in [1.29, 1.82) is 0 Å². The number of amides is 2. The lowest BCUT2D eigenvalue weighted by Crippen LogP contribution is -2.35. The van der Waals surface area contributed by atoms with Gasteiger partial charge in [-0.05, 0) is 91.1 Å². The molecule has 1 aliphatic rings. The third kappa shape index (κ3) is 4.88. The van der Waals surface area contributed by atoms with Crippen LogP contribution in [0.4, 0.5) is 13.2 Å². The van der Waals surface area contributed by atoms with Crippen LogP contribution in [0.2, 0.25) is 0 Å². The van der Waals surface area contributed by atoms with Gasteiger partial charge in [0.15, 0.2) is 5.82 Å². The summed E-state index contributed by atoms with van der Waals surface area (Å²) in [6.45, 7) is 1.77. The Hall–Kier alpha value is -5.12. The van der Waals surface area contributed by atoms with Crippen LogP contribution in [0.5, 0.6) is 5.75 Å². The van der Waals surface area contributed by atoms with Gasteiger partial charge in [0, 0.05) is 24.4 Å². The molecular weight excluding hydrogens is 557 g/mol. The van der Waals surface area contributed by atoms with E-state index in [9.17, 15) is 18.4 Å². The molecule has 2 aromatic heterocycles. The van der Waals surface area contributed by atoms with Crippen LogP contribution in [0.1, 0.15) is 44.7 Å². The molecule has 6 rings (SSSR count). The fourth-order valence-corrected chi connectivity index (χ4v) is 5.44. The van der Waals surface area contributed by atoms with E-state index in [0.29, 0.717) is 35.3 Å². The van der Waals surface area contributed by atoms with Gasteiger partial charge >= 0.3 is 0 Å². The number of aromatic nitrogens is 2. The van der Waals surface area contributed by atoms with Crippen LogP contribution < -0.4 is 15.4 Å². The summed E-state index contributed by atoms with van der Waals surface area (Å²) >= 11 is 0. The number of rotatable bonds is 7. The Balaban J connectivity index is 1.45. The summed E-state index contributed by atoms with van der Waals surface area (Å²) in [6, 6.07) is 16.2. The van der Waals surface area contributed by atoms with Crippen molar-refractivity contribution in [3.05, 3.63) is 113 Å². The number of halogens is 3. The van der Waals surface area contributed by atoms with Gasteiger partial charge in [-0.3, -0.25) is 9.59 Å². The maximum Gasteiger partial charge on any atom is 0.255 e. The van der Waals surface area contributed by atoms with E-state index in [1.54, 1.807) is 31.2 Å². The molecular formula is C33H27F3N4O3. The highest BCUT2D eigenvalue weighted by molar-refractivity contribution is 6.07. The van der Waals surface area contributed by atoms with Crippen molar-refractivity contribution >= 4 is 17.3 Å². The molecule has 3 aromatic carbocycles. The van der Waals surface area contributed by atoms with Gasteiger partial charge in [0.05, 0.1) is 23.8 Å². The summed E-state index contributed by atoms with van der Waals surface area (Å²) < 4.78 is 50.4. The van der Waals surface area contributed by atoms with Crippen LogP contribution in [0.15, 0.2) is 72.9 Å². The molecule has 218 valence electrons. The number of carbonyl (C=O) groups is 2. The second kappa shape index (κ2) is 10.6. The standard InChI is InChI=1S/C33H27F3N4O3/c1-18-16-26(43-3)25(31(41)38-33(13-14-33)20-6-10-22(35)11-7-20)17-24(18)23-12-15-40-30(28(23)36)27(32(42)37-2)29(39-40)19-4-8-21(34)9-5-19/h4-12,15-17H,13-14H2,1-3H3,(H,37,42)(H,38,41). The number of benzene rings is 3. The van der Waals surface area contributed by atoms with Crippen LogP contribution in [0.3, 0.4) is 0 Å². The SMILES string of the molecule is CNC(=O)c1c(-c2ccc(F)cc2)nn2ccc(-c3cc(C(=O)NC4(c5ccc(F)cc5)CC4)c(OC)cc3C)c(F)c12. The summed E-state index contributed by atoms with van der Waals surface area (Å²) in [4.78, 5) is 26.6. The highest BCUT2D eigenvalue weighted by atomic mass is 19.1. The summed E-state index contributed by atoms with van der Waals surface area (Å²) in [5, 5.41) is 10.0. The van der Waals surface area contributed by atoms with Crippen LogP contribution >= 0.6 is 0 Å². The first-order valence-electron chi connectivity index (χ1n) is 13.6. The lowest BCUT2D eigenvalue weighted by Gasteiger charge is -2.20. The minimum Gasteiger partial charge on any atom is -0.496 e. The Morgan fingerprint density at radius 3 is 2.16 bits per heavy atom. The molecule has 2 amide bonds. The molecule has 0 radical (unpaired) electrons. The Bertz CT molecular complexity index is 1900. The van der Waals surface area contributed by atoms with E-state index < -0.39 is 29.0 Å². The quantitative estimate of drug-likeness (QED) is 0.239. The van der Waals surface area contributed by atoms with Crippen molar-refractivity contribution in [2.24, 2.45) is 0 Å². The highest BCUT2D eigenvalue weighted by Crippen LogP contribution is 2.46. The smallest absolute Gasteiger partial charge is 0.255 e. The molecule has 0 aliphatic heterocycles. The van der Waals surface area contributed by atoms with Crippen molar-refractivity contribution in [3.63, 3.8) is 0 Å². The van der Waals surface area contributed by atoms with E-state index in [2.05, 4.69) is 15.7 Å². The number of carbonyl (C=O) groups excluding carboxylic acids is 2. The van der Waals surface area contributed by atoms with Crippen molar-refractivity contribution in [2.45, 2.75) is 25.3 Å². The van der Waals surface area contributed by atoms with Crippen molar-refractivity contribution in [2.75, 3.05) is 14.2 Å². The van der Waals surface area contributed by atoms with Gasteiger partial charge in [0.1, 0.15) is 28.6 Å². The van der Waals surface area contributed by atoms with Gasteiger partial charge in [0.2, 0.25) is 0 Å². The number of fused-ring (bicyclic) bond motifs is 1. The number of pyridine rings is 1. The number of hydrogen-bond donors (Lipinski definition) is 2. The molecule has 1 fully saturated rings. The molecule has 0 bridgehead atoms. The van der Waals surface area contributed by atoms with Gasteiger partial charge in [-0.25, -0.2) is 17.7 Å². The monoisotopic (exact) mass is 584 g/mol. The number of hydrogen-bond acceptors (Lipinski definition) is 4. The Morgan fingerprint density at radius 2 is 1.56 bits per heavy atom. The molecule has 2 N–H and O–H groups in total. The van der Waals surface area contributed by atoms with Crippen LogP contribution in [0, 0.1) is 24.4 Å². The minimum atomic E-state index is -0.716. The van der Waals surface area contributed by atoms with Crippen molar-refractivity contribution < 1.29 is 27.5 Å². The van der Waals surface area contributed by atoms with Gasteiger partial charge in [-0.2, -0.15) is 5.10 Å². The van der Waals surface area contributed by atoms with Gasteiger partial charge in [-0.1, -0.05) is 12.1 Å². The van der Waals surface area contributed by atoms with Crippen LogP contribution in [0.25, 0.3) is 27.9 Å². The normalized spacial score (nSPS) is 13.5. The highest BCUT2D eigenvalue weighted by Gasteiger charge is 2.46. The van der Waals surface area contributed by atoms with Crippen LogP contribution in [-0.4, -0.2) is 35.6 Å². The second-order valence-corrected chi connectivity index (χ2v) is 10.6. The summed E-state index contributed by atoms with van der Waals surface area (Å²) in [5.74, 6) is -2.21. The number of aryl methyl sites for hydroxylation is 1. The van der Waals surface area contributed by atoms with E-state index in [-0.39, 0.29) is 33.7 Å². The van der Waals surface area contributed by atoms with Gasteiger partial charge in [-0.15, -0.1) is 0 Å². The van der Waals surface area contributed by atoms with Crippen molar-refractivity contribution in [1.82, 2.24) is 20.2 Å². The second-order valence-electron chi connectivity index (χ2n) is 10.6. The maximum atomic E-state index is 16.5. The summed E-state index contributed by atoms with van der Waals surface area (Å²) in [5.41, 5.74) is 2.14. The zero-order valence-corrected chi connectivity index (χ0v) is 23.6. The molecule has 0 unspecified atom stereocenters. The van der Waals surface area contributed by atoms with Crippen LogP contribution in [-0.2, 0) is 5.54 Å². The molecule has 10 heteroatoms. The lowest BCUT2D eigenvalue weighted by molar-refractivity contribution is 0.0926. The third-order valence-electron chi connectivity index (χ3n) is 7.89. The molecule has 0 atom stereocenters. The van der Waals surface area contributed by atoms with Gasteiger partial charge < -0.3 is 15.4 Å². The first kappa shape index (κ1) is 28.0. The fraction of sp³-hybridized carbons (Fsp3) is 0.182. The number of nitrogens with zero attached hydrogens (tertiary/aromatic N) is 2. The molecule has 1 saturated carbocycles. The first-order chi connectivity index (χ1) is 20.7. The molecule has 0 spiro atoms. The molecule has 0 saturated heterocycles. The zero-order valence-electron chi connectivity index (χ0n) is 23.6. The van der Waals surface area contributed by atoms with E-state index in [4.69, 9.17) is 4.74 Å². The number of methoxy groups -OCH3 is 1. The molecule has 2 heterocycles. The molecule has 1 aliphatic carbocycles. The largest absolute Gasteiger partial charge is 0.496 e. The van der Waals surface area contributed by atoms with Crippen molar-refractivity contribution in [3.8, 4) is 28.1 Å². The van der Waals surface area contributed by atoms with E-state index >= 15 is 4.39 Å². The molecule has 43 heavy (non-hydrogen) atoms. The zero-order chi connectivity index (χ0) is 30.5. The van der Waals surface area contributed by atoms with E-state index in [1.165, 1.54) is 67.3 Å². The molecule has 7 nitrogen and oxygen atoms in total. The predicted molar refractivity (Wildman–Crippen MR) is 155 cm³/mol. The third-order valence-corrected chi connectivity index (χ3v) is 7.89. The van der Waals surface area contributed by atoms with E-state index in [0.717, 1.165) is 5.56 Å². The fourth-order valence-electron chi connectivity index (χ4n) is 5.44. The van der Waals surface area contributed by atoms with Gasteiger partial charge in [0.25, 0.3) is 11.8 Å². The number of ether oxygens (including phenoxy) is 1. The minimum absolute atomic E-state index is 0.00689. The maximum absolute atomic E-state index is 16.5. The Kier molecular flexibility index (Phi) is 6.92. The molecule has 5 aromatic rings. The Morgan fingerprint density at radius 1 is 0.907 bits per heavy atom. The van der Waals surface area contributed by atoms with E-state index in [1.807, 2.05) is 0 Å². The lowest BCUT2D eigenvalue weighted by atomic mass is 9.95. The Labute approximate surface area is 245 Å². The summed E-state index contributed by atoms with van der Waals surface area (Å²) in [6.07, 6.45) is 2.91. The summed E-state index contributed by atoms with van der Waals surface area (Å²) in [7, 11) is 2.88. The predicted octanol–water partition coefficient (Wildman–Crippen LogP) is 6.18. The first-order valence-corrected chi connectivity index (χ1v) is 13.6. The average molecular weight is 585 g/mol. The topological polar surface area (TPSA) is 84.7 Å². The number of nitrogens with one attached hydrogen (secondary N) is 2. The average Bonchev–Trinajstić information content (AvgIpc) is 3.67.